The molecule has 0 heterocycles. The molecule has 0 aliphatic rings. The molecule has 0 fully saturated rings. The van der Waals surface area contributed by atoms with Crippen LogP contribution < -0.4 is 4.18 Å². The van der Waals surface area contributed by atoms with E-state index in [1.54, 1.807) is 0 Å². The molecule has 13 heavy (non-hydrogen) atoms. The monoisotopic (exact) mass is 211 g/mol. The second-order valence-electron chi connectivity index (χ2n) is 1.99. The van der Waals surface area contributed by atoms with Crippen LogP contribution in [-0.4, -0.2) is 8.76 Å². The van der Waals surface area contributed by atoms with E-state index >= 15 is 0 Å². The summed E-state index contributed by atoms with van der Waals surface area (Å²) < 4.78 is 60.8. The summed E-state index contributed by atoms with van der Waals surface area (Å²) in [5, 5.41) is 0. The van der Waals surface area contributed by atoms with E-state index in [0.717, 1.165) is 0 Å². The molecule has 1 unspecified atom stereocenters. The van der Waals surface area contributed by atoms with Gasteiger partial charge in [0.15, 0.2) is 17.5 Å². The average molecular weight is 211 g/mol. The van der Waals surface area contributed by atoms with Gasteiger partial charge >= 0.3 is 0 Å². The second kappa shape index (κ2) is 3.75. The molecule has 1 atom stereocenters. The summed E-state index contributed by atoms with van der Waals surface area (Å²) in [4.78, 5) is 0. The molecule has 1 rings (SSSR count). The van der Waals surface area contributed by atoms with E-state index in [1.165, 1.54) is 0 Å². The summed E-state index contributed by atoms with van der Waals surface area (Å²) in [6.07, 6.45) is 0. The van der Waals surface area contributed by atoms with Crippen LogP contribution in [0.15, 0.2) is 12.1 Å². The lowest BCUT2D eigenvalue weighted by Gasteiger charge is -2.07. The van der Waals surface area contributed by atoms with Crippen LogP contribution >= 0.6 is 0 Å². The minimum absolute atomic E-state index is 0.425. The lowest BCUT2D eigenvalue weighted by Crippen LogP contribution is -2.00. The van der Waals surface area contributed by atoms with E-state index in [1.807, 2.05) is 0 Å². The topological polar surface area (TPSA) is 49.4 Å². The molecule has 72 valence electrons. The maximum atomic E-state index is 12.4. The smallest absolute Gasteiger partial charge is 0.194 e. The van der Waals surface area contributed by atoms with Crippen LogP contribution in [0.4, 0.5) is 13.2 Å². The van der Waals surface area contributed by atoms with Crippen LogP contribution in [0.5, 0.6) is 5.75 Å². The highest BCUT2D eigenvalue weighted by molar-refractivity contribution is 7.74. The second-order valence-corrected chi connectivity index (χ2v) is 2.56. The molecule has 3 nitrogen and oxygen atoms in total. The molecular formula is C6H2F3O3S-. The van der Waals surface area contributed by atoms with Gasteiger partial charge in [0, 0.05) is 12.1 Å². The van der Waals surface area contributed by atoms with Gasteiger partial charge in [0.2, 0.25) is 0 Å². The Morgan fingerprint density at radius 2 is 1.69 bits per heavy atom. The Morgan fingerprint density at radius 1 is 1.23 bits per heavy atom. The zero-order valence-corrected chi connectivity index (χ0v) is 6.74. The Morgan fingerprint density at radius 3 is 2.08 bits per heavy atom. The van der Waals surface area contributed by atoms with Gasteiger partial charge in [-0.1, -0.05) is 0 Å². The molecule has 7 heteroatoms. The van der Waals surface area contributed by atoms with E-state index in [4.69, 9.17) is 0 Å². The Hall–Kier alpha value is -1.08. The van der Waals surface area contributed by atoms with Crippen molar-refractivity contribution in [2.75, 3.05) is 0 Å². The van der Waals surface area contributed by atoms with Crippen molar-refractivity contribution in [1.82, 2.24) is 0 Å². The van der Waals surface area contributed by atoms with Crippen molar-refractivity contribution in [3.05, 3.63) is 29.6 Å². The van der Waals surface area contributed by atoms with Crippen LogP contribution in [0.2, 0.25) is 0 Å². The molecule has 0 saturated carbocycles. The van der Waals surface area contributed by atoms with Gasteiger partial charge in [0.1, 0.15) is 17.1 Å². The van der Waals surface area contributed by atoms with Crippen LogP contribution in [0.3, 0.4) is 0 Å². The van der Waals surface area contributed by atoms with Gasteiger partial charge in [0.25, 0.3) is 0 Å². The van der Waals surface area contributed by atoms with Gasteiger partial charge in [-0.15, -0.1) is 0 Å². The SMILES string of the molecule is O=S([O-])Oc1cc(F)c(F)c(F)c1. The van der Waals surface area contributed by atoms with E-state index in [0.29, 0.717) is 12.1 Å². The van der Waals surface area contributed by atoms with E-state index < -0.39 is 34.6 Å². The summed E-state index contributed by atoms with van der Waals surface area (Å²) in [6, 6.07) is 0.850. The molecule has 1 aromatic rings. The first-order chi connectivity index (χ1) is 6.00. The highest BCUT2D eigenvalue weighted by Crippen LogP contribution is 2.19. The summed E-state index contributed by atoms with van der Waals surface area (Å²) in [7, 11) is 0. The predicted octanol–water partition coefficient (Wildman–Crippen LogP) is 1.28. The number of hydrogen-bond acceptors (Lipinski definition) is 3. The first-order valence-electron chi connectivity index (χ1n) is 2.93. The third kappa shape index (κ3) is 2.43. The molecule has 1 aromatic carbocycles. The molecule has 0 aliphatic heterocycles. The highest BCUT2D eigenvalue weighted by Gasteiger charge is 2.11. The Balaban J connectivity index is 3.06. The first-order valence-corrected chi connectivity index (χ1v) is 3.93. The zero-order valence-electron chi connectivity index (χ0n) is 5.92. The van der Waals surface area contributed by atoms with Crippen LogP contribution in [0, 0.1) is 17.5 Å². The van der Waals surface area contributed by atoms with Gasteiger partial charge < -0.3 is 8.74 Å². The summed E-state index contributed by atoms with van der Waals surface area (Å²) in [5.41, 5.74) is 0. The first kappa shape index (κ1) is 10.0. The van der Waals surface area contributed by atoms with Gasteiger partial charge in [-0.25, -0.2) is 17.4 Å². The normalized spacial score (nSPS) is 12.6. The lowest BCUT2D eigenvalue weighted by atomic mass is 10.3. The van der Waals surface area contributed by atoms with E-state index in [2.05, 4.69) is 4.18 Å². The maximum absolute atomic E-state index is 12.4. The zero-order chi connectivity index (χ0) is 10.0. The fourth-order valence-electron chi connectivity index (χ4n) is 0.659. The molecule has 0 N–H and O–H groups in total. The Kier molecular flexibility index (Phi) is 2.89. The fourth-order valence-corrected chi connectivity index (χ4v) is 0.912. The van der Waals surface area contributed by atoms with E-state index in [-0.39, 0.29) is 0 Å². The minimum atomic E-state index is -2.95. The summed E-state index contributed by atoms with van der Waals surface area (Å²) in [6.45, 7) is 0. The maximum Gasteiger partial charge on any atom is 0.194 e. The molecule has 0 aromatic heterocycles. The fraction of sp³-hybridized carbons (Fsp3) is 0. The van der Waals surface area contributed by atoms with E-state index in [9.17, 15) is 21.9 Å². The predicted molar refractivity (Wildman–Crippen MR) is 35.9 cm³/mol. The Labute approximate surface area is 73.6 Å². The molecule has 0 bridgehead atoms. The van der Waals surface area contributed by atoms with Crippen molar-refractivity contribution < 1.29 is 26.1 Å². The molecule has 0 amide bonds. The highest BCUT2D eigenvalue weighted by atomic mass is 32.2. The number of benzene rings is 1. The van der Waals surface area contributed by atoms with Crippen LogP contribution in [0.25, 0.3) is 0 Å². The molecular weight excluding hydrogens is 209 g/mol. The minimum Gasteiger partial charge on any atom is -0.740 e. The van der Waals surface area contributed by atoms with Crippen molar-refractivity contribution in [3.8, 4) is 5.75 Å². The molecule has 0 spiro atoms. The van der Waals surface area contributed by atoms with Gasteiger partial charge in [0.05, 0.1) is 0 Å². The summed E-state index contributed by atoms with van der Waals surface area (Å²) >= 11 is -2.95. The lowest BCUT2D eigenvalue weighted by molar-refractivity contribution is 0.419. The molecule has 0 radical (unpaired) electrons. The number of hydrogen-bond donors (Lipinski definition) is 0. The van der Waals surface area contributed by atoms with Gasteiger partial charge in [-0.3, -0.25) is 0 Å². The van der Waals surface area contributed by atoms with Crippen molar-refractivity contribution in [1.29, 1.82) is 0 Å². The Bertz CT molecular complexity index is 332. The van der Waals surface area contributed by atoms with Crippen LogP contribution in [-0.2, 0) is 11.4 Å². The quantitative estimate of drug-likeness (QED) is 0.546. The van der Waals surface area contributed by atoms with Crippen molar-refractivity contribution in [3.63, 3.8) is 0 Å². The molecule has 0 saturated heterocycles. The van der Waals surface area contributed by atoms with Crippen molar-refractivity contribution >= 4 is 11.4 Å². The van der Waals surface area contributed by atoms with Crippen LogP contribution in [0.1, 0.15) is 0 Å². The van der Waals surface area contributed by atoms with Crippen molar-refractivity contribution in [2.24, 2.45) is 0 Å². The summed E-state index contributed by atoms with van der Waals surface area (Å²) in [5.74, 6) is -5.32. The third-order valence-corrected chi connectivity index (χ3v) is 1.45. The standard InChI is InChI=1S/C6H3F3O3S/c7-4-1-3(12-13(10)11)2-5(8)6(4)9/h1-2H,(H,10,11)/p-1. The number of halogens is 3. The number of rotatable bonds is 2. The molecule has 0 aliphatic carbocycles. The largest absolute Gasteiger partial charge is 0.740 e. The third-order valence-electron chi connectivity index (χ3n) is 1.12. The van der Waals surface area contributed by atoms with Gasteiger partial charge in [-0.2, -0.15) is 0 Å². The van der Waals surface area contributed by atoms with Gasteiger partial charge in [-0.05, 0) is 0 Å². The average Bonchev–Trinajstić information content (AvgIpc) is 1.98. The van der Waals surface area contributed by atoms with Crippen molar-refractivity contribution in [2.45, 2.75) is 0 Å².